The van der Waals surface area contributed by atoms with Crippen molar-refractivity contribution in [2.75, 3.05) is 16.8 Å². The number of rotatable bonds is 3. The van der Waals surface area contributed by atoms with E-state index in [4.69, 9.17) is 4.42 Å². The molecule has 2 heterocycles. The molecule has 5 nitrogen and oxygen atoms in total. The van der Waals surface area contributed by atoms with Crippen molar-refractivity contribution in [3.63, 3.8) is 0 Å². The minimum absolute atomic E-state index is 0.0197. The molecule has 2 amide bonds. The van der Waals surface area contributed by atoms with E-state index in [1.165, 1.54) is 12.3 Å². The third kappa shape index (κ3) is 3.38. The van der Waals surface area contributed by atoms with Crippen molar-refractivity contribution in [1.82, 2.24) is 0 Å². The van der Waals surface area contributed by atoms with Crippen molar-refractivity contribution in [3.8, 4) is 0 Å². The number of benzene rings is 2. The average Bonchev–Trinajstić information content (AvgIpc) is 3.23. The van der Waals surface area contributed by atoms with Crippen molar-refractivity contribution in [2.24, 2.45) is 0 Å². The molecule has 1 N–H and O–H groups in total. The normalized spacial score (nSPS) is 13.1. The first-order valence-corrected chi connectivity index (χ1v) is 8.77. The maximum absolute atomic E-state index is 13.3. The largest absolute Gasteiger partial charge is 0.459 e. The summed E-state index contributed by atoms with van der Waals surface area (Å²) < 4.78 is 31.6. The van der Waals surface area contributed by atoms with Gasteiger partial charge in [0.25, 0.3) is 11.8 Å². The molecule has 0 unspecified atom stereocenters. The lowest BCUT2D eigenvalue weighted by atomic mass is 10.0. The zero-order valence-electron chi connectivity index (χ0n) is 14.7. The van der Waals surface area contributed by atoms with E-state index in [0.29, 0.717) is 12.2 Å². The third-order valence-corrected chi connectivity index (χ3v) is 4.61. The Labute approximate surface area is 159 Å². The number of hydrogen-bond donors (Lipinski definition) is 1. The summed E-state index contributed by atoms with van der Waals surface area (Å²) in [6.45, 7) is 0.576. The number of fused-ring (bicyclic) bond motifs is 1. The topological polar surface area (TPSA) is 62.6 Å². The van der Waals surface area contributed by atoms with Crippen LogP contribution in [0, 0.1) is 11.6 Å². The van der Waals surface area contributed by atoms with Gasteiger partial charge >= 0.3 is 0 Å². The standard InChI is InChI=1S/C21H16F2N2O3/c22-16-7-5-14(12-17(16)23)20(26)24-15-6-8-18-13(11-15)3-1-9-25(18)21(27)19-4-2-10-28-19/h2,4-8,10-12H,1,3,9H2,(H,24,26). The van der Waals surface area contributed by atoms with Gasteiger partial charge in [-0.25, -0.2) is 8.78 Å². The number of hydrogen-bond acceptors (Lipinski definition) is 3. The number of amides is 2. The predicted molar refractivity (Wildman–Crippen MR) is 99.5 cm³/mol. The van der Waals surface area contributed by atoms with Crippen molar-refractivity contribution >= 4 is 23.2 Å². The van der Waals surface area contributed by atoms with Crippen LogP contribution >= 0.6 is 0 Å². The fraction of sp³-hybridized carbons (Fsp3) is 0.143. The van der Waals surface area contributed by atoms with Crippen LogP contribution in [0.3, 0.4) is 0 Å². The van der Waals surface area contributed by atoms with Crippen LogP contribution < -0.4 is 10.2 Å². The Morgan fingerprint density at radius 3 is 2.64 bits per heavy atom. The zero-order valence-corrected chi connectivity index (χ0v) is 14.7. The summed E-state index contributed by atoms with van der Waals surface area (Å²) in [5, 5.41) is 2.68. The lowest BCUT2D eigenvalue weighted by Gasteiger charge is -2.29. The van der Waals surface area contributed by atoms with Gasteiger partial charge in [0.15, 0.2) is 17.4 Å². The van der Waals surface area contributed by atoms with Gasteiger partial charge in [0.2, 0.25) is 0 Å². The molecule has 142 valence electrons. The SMILES string of the molecule is O=C(Nc1ccc2c(c1)CCCN2C(=O)c1ccco1)c1ccc(F)c(F)c1. The molecule has 1 aliphatic rings. The van der Waals surface area contributed by atoms with E-state index >= 15 is 0 Å². The summed E-state index contributed by atoms with van der Waals surface area (Å²) in [6.07, 6.45) is 2.99. The Hall–Kier alpha value is -3.48. The highest BCUT2D eigenvalue weighted by atomic mass is 19.2. The van der Waals surface area contributed by atoms with Crippen molar-refractivity contribution in [1.29, 1.82) is 0 Å². The summed E-state index contributed by atoms with van der Waals surface area (Å²) in [5.74, 6) is -2.58. The Morgan fingerprint density at radius 2 is 1.89 bits per heavy atom. The summed E-state index contributed by atoms with van der Waals surface area (Å²) >= 11 is 0. The molecule has 28 heavy (non-hydrogen) atoms. The van der Waals surface area contributed by atoms with Crippen LogP contribution in [-0.4, -0.2) is 18.4 Å². The van der Waals surface area contributed by atoms with Crippen LogP contribution in [0.25, 0.3) is 0 Å². The maximum atomic E-state index is 13.3. The second-order valence-corrected chi connectivity index (χ2v) is 6.46. The van der Waals surface area contributed by atoms with Crippen molar-refractivity contribution in [3.05, 3.63) is 83.3 Å². The first-order valence-electron chi connectivity index (χ1n) is 8.77. The molecule has 0 aliphatic carbocycles. The molecule has 4 rings (SSSR count). The van der Waals surface area contributed by atoms with Crippen molar-refractivity contribution in [2.45, 2.75) is 12.8 Å². The Bertz CT molecular complexity index is 1050. The molecular weight excluding hydrogens is 366 g/mol. The summed E-state index contributed by atoms with van der Waals surface area (Å²) in [5.41, 5.74) is 2.21. The zero-order chi connectivity index (χ0) is 19.7. The Morgan fingerprint density at radius 1 is 1.04 bits per heavy atom. The van der Waals surface area contributed by atoms with Gasteiger partial charge in [-0.05, 0) is 66.9 Å². The van der Waals surface area contributed by atoms with E-state index < -0.39 is 17.5 Å². The summed E-state index contributed by atoms with van der Waals surface area (Å²) in [7, 11) is 0. The quantitative estimate of drug-likeness (QED) is 0.730. The van der Waals surface area contributed by atoms with E-state index in [1.807, 2.05) is 0 Å². The first kappa shape index (κ1) is 17.9. The Balaban J connectivity index is 1.56. The number of anilines is 2. The smallest absolute Gasteiger partial charge is 0.293 e. The van der Waals surface area contributed by atoms with Gasteiger partial charge in [-0.1, -0.05) is 0 Å². The molecule has 7 heteroatoms. The molecule has 0 fully saturated rings. The van der Waals surface area contributed by atoms with Gasteiger partial charge in [0, 0.05) is 23.5 Å². The molecule has 2 aromatic carbocycles. The minimum atomic E-state index is -1.08. The number of aryl methyl sites for hydroxylation is 1. The van der Waals surface area contributed by atoms with Gasteiger partial charge in [-0.15, -0.1) is 0 Å². The molecule has 0 atom stereocenters. The monoisotopic (exact) mass is 382 g/mol. The Kier molecular flexibility index (Phi) is 4.65. The number of halogens is 2. The van der Waals surface area contributed by atoms with Gasteiger partial charge in [-0.3, -0.25) is 9.59 Å². The molecule has 1 aromatic heterocycles. The molecule has 0 radical (unpaired) electrons. The highest BCUT2D eigenvalue weighted by Gasteiger charge is 2.25. The molecule has 0 bridgehead atoms. The second kappa shape index (κ2) is 7.26. The number of carbonyl (C=O) groups is 2. The fourth-order valence-electron chi connectivity index (χ4n) is 3.26. The lowest BCUT2D eigenvalue weighted by Crippen LogP contribution is -2.35. The van der Waals surface area contributed by atoms with Gasteiger partial charge < -0.3 is 14.6 Å². The lowest BCUT2D eigenvalue weighted by molar-refractivity contribution is 0.0957. The van der Waals surface area contributed by atoms with E-state index in [1.54, 1.807) is 35.2 Å². The van der Waals surface area contributed by atoms with Crippen LogP contribution in [0.15, 0.2) is 59.2 Å². The molecule has 0 spiro atoms. The van der Waals surface area contributed by atoms with E-state index in [9.17, 15) is 18.4 Å². The molecule has 1 aliphatic heterocycles. The highest BCUT2D eigenvalue weighted by molar-refractivity contribution is 6.06. The second-order valence-electron chi connectivity index (χ2n) is 6.46. The maximum Gasteiger partial charge on any atom is 0.293 e. The highest BCUT2D eigenvalue weighted by Crippen LogP contribution is 2.31. The molecule has 3 aromatic rings. The van der Waals surface area contributed by atoms with E-state index in [2.05, 4.69) is 5.32 Å². The van der Waals surface area contributed by atoms with Crippen LogP contribution in [0.4, 0.5) is 20.2 Å². The fourth-order valence-corrected chi connectivity index (χ4v) is 3.26. The van der Waals surface area contributed by atoms with Crippen molar-refractivity contribution < 1.29 is 22.8 Å². The van der Waals surface area contributed by atoms with Crippen LogP contribution in [0.1, 0.15) is 32.9 Å². The number of nitrogens with one attached hydrogen (secondary N) is 1. The van der Waals surface area contributed by atoms with E-state index in [0.717, 1.165) is 36.2 Å². The van der Waals surface area contributed by atoms with Crippen LogP contribution in [0.2, 0.25) is 0 Å². The molecule has 0 saturated heterocycles. The minimum Gasteiger partial charge on any atom is -0.459 e. The van der Waals surface area contributed by atoms with Gasteiger partial charge in [-0.2, -0.15) is 0 Å². The summed E-state index contributed by atoms with van der Waals surface area (Å²) in [4.78, 5) is 26.6. The number of furan rings is 1. The molecular formula is C21H16F2N2O3. The predicted octanol–water partition coefficient (Wildman–Crippen LogP) is 4.40. The number of carbonyl (C=O) groups excluding carboxylic acids is 2. The third-order valence-electron chi connectivity index (χ3n) is 4.61. The van der Waals surface area contributed by atoms with Crippen LogP contribution in [0.5, 0.6) is 0 Å². The van der Waals surface area contributed by atoms with Gasteiger partial charge in [0.05, 0.1) is 6.26 Å². The molecule has 0 saturated carbocycles. The average molecular weight is 382 g/mol. The van der Waals surface area contributed by atoms with Crippen LogP contribution in [-0.2, 0) is 6.42 Å². The van der Waals surface area contributed by atoms with Gasteiger partial charge in [0.1, 0.15) is 0 Å². The number of nitrogens with zero attached hydrogens (tertiary/aromatic N) is 1. The summed E-state index contributed by atoms with van der Waals surface area (Å²) in [6, 6.07) is 11.5. The van der Waals surface area contributed by atoms with E-state index in [-0.39, 0.29) is 17.2 Å². The first-order chi connectivity index (χ1) is 13.5.